The summed E-state index contributed by atoms with van der Waals surface area (Å²) in [5, 5.41) is 0. The average Bonchev–Trinajstić information content (AvgIpc) is 1.53. The van der Waals surface area contributed by atoms with E-state index in [0.717, 1.165) is 12.8 Å². The van der Waals surface area contributed by atoms with Crippen molar-refractivity contribution in [2.24, 2.45) is 0 Å². The van der Waals surface area contributed by atoms with Gasteiger partial charge in [0.05, 0.1) is 5.60 Å². The highest BCUT2D eigenvalue weighted by atomic mass is 28.4. The Morgan fingerprint density at radius 2 is 1.82 bits per heavy atom. The SMILES string of the molecule is C=C1CC(C)(O[Si](C)(C)C)C1. The van der Waals surface area contributed by atoms with E-state index in [1.165, 1.54) is 5.57 Å². The van der Waals surface area contributed by atoms with Crippen LogP contribution >= 0.6 is 0 Å². The van der Waals surface area contributed by atoms with E-state index in [0.29, 0.717) is 0 Å². The Morgan fingerprint density at radius 1 is 1.36 bits per heavy atom. The first-order valence-electron chi connectivity index (χ1n) is 4.18. The van der Waals surface area contributed by atoms with Gasteiger partial charge in [-0.15, -0.1) is 0 Å². The third-order valence-corrected chi connectivity index (χ3v) is 2.91. The van der Waals surface area contributed by atoms with Crippen LogP contribution in [0.15, 0.2) is 12.2 Å². The zero-order valence-corrected chi connectivity index (χ0v) is 9.03. The second-order valence-corrected chi connectivity index (χ2v) is 9.20. The summed E-state index contributed by atoms with van der Waals surface area (Å²) in [5.41, 5.74) is 1.48. The summed E-state index contributed by atoms with van der Waals surface area (Å²) in [4.78, 5) is 0. The lowest BCUT2D eigenvalue weighted by Crippen LogP contribution is -2.46. The molecule has 0 unspecified atom stereocenters. The van der Waals surface area contributed by atoms with Crippen LogP contribution in [0.4, 0.5) is 0 Å². The third-order valence-electron chi connectivity index (χ3n) is 1.80. The van der Waals surface area contributed by atoms with E-state index < -0.39 is 8.32 Å². The maximum atomic E-state index is 6.01. The smallest absolute Gasteiger partial charge is 0.184 e. The van der Waals surface area contributed by atoms with Crippen molar-refractivity contribution in [3.8, 4) is 0 Å². The lowest BCUT2D eigenvalue weighted by Gasteiger charge is -2.44. The Balaban J connectivity index is 2.44. The van der Waals surface area contributed by atoms with Crippen LogP contribution in [-0.4, -0.2) is 13.9 Å². The zero-order valence-electron chi connectivity index (χ0n) is 8.03. The molecule has 11 heavy (non-hydrogen) atoms. The van der Waals surface area contributed by atoms with Crippen molar-refractivity contribution in [2.45, 2.75) is 45.0 Å². The average molecular weight is 170 g/mol. The fraction of sp³-hybridized carbons (Fsp3) is 0.778. The van der Waals surface area contributed by atoms with E-state index in [4.69, 9.17) is 4.43 Å². The van der Waals surface area contributed by atoms with Crippen molar-refractivity contribution in [2.75, 3.05) is 0 Å². The van der Waals surface area contributed by atoms with Crippen LogP contribution in [0.2, 0.25) is 19.6 Å². The summed E-state index contributed by atoms with van der Waals surface area (Å²) in [6, 6.07) is 0. The lowest BCUT2D eigenvalue weighted by molar-refractivity contribution is 0.0421. The molecular weight excluding hydrogens is 152 g/mol. The van der Waals surface area contributed by atoms with Gasteiger partial charge in [0.25, 0.3) is 0 Å². The molecule has 1 saturated carbocycles. The molecular formula is C9H18OSi. The molecule has 1 aliphatic carbocycles. The van der Waals surface area contributed by atoms with Gasteiger partial charge in [-0.3, -0.25) is 0 Å². The molecule has 2 heteroatoms. The van der Waals surface area contributed by atoms with Gasteiger partial charge in [-0.05, 0) is 39.4 Å². The van der Waals surface area contributed by atoms with Gasteiger partial charge < -0.3 is 4.43 Å². The Hall–Kier alpha value is -0.0831. The second kappa shape index (κ2) is 2.46. The highest BCUT2D eigenvalue weighted by molar-refractivity contribution is 6.69. The van der Waals surface area contributed by atoms with Crippen molar-refractivity contribution in [1.82, 2.24) is 0 Å². The lowest BCUT2D eigenvalue weighted by atomic mass is 9.78. The largest absolute Gasteiger partial charge is 0.412 e. The predicted octanol–water partition coefficient (Wildman–Crippen LogP) is 2.95. The molecule has 64 valence electrons. The van der Waals surface area contributed by atoms with Gasteiger partial charge in [0, 0.05) is 0 Å². The standard InChI is InChI=1S/C9H18OSi/c1-8-6-9(2,7-8)10-11(3,4)5/h1,6-7H2,2-5H3. The van der Waals surface area contributed by atoms with Gasteiger partial charge in [0.15, 0.2) is 8.32 Å². The fourth-order valence-electron chi connectivity index (χ4n) is 1.82. The van der Waals surface area contributed by atoms with E-state index in [2.05, 4.69) is 33.1 Å². The van der Waals surface area contributed by atoms with Crippen LogP contribution in [0, 0.1) is 0 Å². The third kappa shape index (κ3) is 2.45. The van der Waals surface area contributed by atoms with Gasteiger partial charge in [-0.2, -0.15) is 0 Å². The quantitative estimate of drug-likeness (QED) is 0.457. The molecule has 0 spiro atoms. The van der Waals surface area contributed by atoms with Crippen LogP contribution in [0.3, 0.4) is 0 Å². The summed E-state index contributed by atoms with van der Waals surface area (Å²) in [6.07, 6.45) is 2.13. The minimum Gasteiger partial charge on any atom is -0.412 e. The first-order chi connectivity index (χ1) is 4.81. The predicted molar refractivity (Wildman–Crippen MR) is 51.2 cm³/mol. The van der Waals surface area contributed by atoms with Gasteiger partial charge >= 0.3 is 0 Å². The molecule has 0 saturated heterocycles. The highest BCUT2D eigenvalue weighted by Crippen LogP contribution is 2.40. The molecule has 0 amide bonds. The van der Waals surface area contributed by atoms with E-state index in [1.54, 1.807) is 0 Å². The first kappa shape index (κ1) is 9.01. The molecule has 0 heterocycles. The minimum atomic E-state index is -1.33. The van der Waals surface area contributed by atoms with E-state index in [9.17, 15) is 0 Å². The molecule has 0 atom stereocenters. The zero-order chi connectivity index (χ0) is 8.70. The molecule has 0 aromatic rings. The van der Waals surface area contributed by atoms with Crippen molar-refractivity contribution < 1.29 is 4.43 Å². The van der Waals surface area contributed by atoms with Gasteiger partial charge in [-0.1, -0.05) is 12.2 Å². The van der Waals surface area contributed by atoms with E-state index in [1.807, 2.05) is 0 Å². The molecule has 1 nitrogen and oxygen atoms in total. The normalized spacial score (nSPS) is 23.1. The summed E-state index contributed by atoms with van der Waals surface area (Å²) in [5.74, 6) is 0. The number of hydrogen-bond donors (Lipinski definition) is 0. The van der Waals surface area contributed by atoms with Gasteiger partial charge in [-0.25, -0.2) is 0 Å². The molecule has 0 N–H and O–H groups in total. The number of rotatable bonds is 2. The molecule has 0 bridgehead atoms. The summed E-state index contributed by atoms with van der Waals surface area (Å²) < 4.78 is 6.01. The van der Waals surface area contributed by atoms with Gasteiger partial charge in [0.2, 0.25) is 0 Å². The Kier molecular flexibility index (Phi) is 2.01. The molecule has 0 radical (unpaired) electrons. The highest BCUT2D eigenvalue weighted by Gasteiger charge is 2.39. The van der Waals surface area contributed by atoms with E-state index in [-0.39, 0.29) is 5.60 Å². The molecule has 1 rings (SSSR count). The van der Waals surface area contributed by atoms with Crippen LogP contribution in [0.5, 0.6) is 0 Å². The second-order valence-electron chi connectivity index (χ2n) is 4.77. The first-order valence-corrected chi connectivity index (χ1v) is 7.58. The number of hydrogen-bond acceptors (Lipinski definition) is 1. The summed E-state index contributed by atoms with van der Waals surface area (Å²) in [6.45, 7) is 12.8. The van der Waals surface area contributed by atoms with Crippen molar-refractivity contribution in [1.29, 1.82) is 0 Å². The van der Waals surface area contributed by atoms with Crippen LogP contribution in [0.25, 0.3) is 0 Å². The van der Waals surface area contributed by atoms with Gasteiger partial charge in [0.1, 0.15) is 0 Å². The molecule has 0 aliphatic heterocycles. The van der Waals surface area contributed by atoms with Crippen LogP contribution in [0.1, 0.15) is 19.8 Å². The van der Waals surface area contributed by atoms with Crippen LogP contribution in [-0.2, 0) is 4.43 Å². The monoisotopic (exact) mass is 170 g/mol. The van der Waals surface area contributed by atoms with Crippen molar-refractivity contribution >= 4 is 8.32 Å². The van der Waals surface area contributed by atoms with Crippen molar-refractivity contribution in [3.05, 3.63) is 12.2 Å². The minimum absolute atomic E-state index is 0.140. The van der Waals surface area contributed by atoms with Crippen LogP contribution < -0.4 is 0 Å². The maximum absolute atomic E-state index is 6.01. The molecule has 1 fully saturated rings. The Bertz CT molecular complexity index is 170. The van der Waals surface area contributed by atoms with E-state index >= 15 is 0 Å². The molecule has 1 aliphatic rings. The fourth-order valence-corrected chi connectivity index (χ4v) is 3.44. The van der Waals surface area contributed by atoms with Crippen molar-refractivity contribution in [3.63, 3.8) is 0 Å². The Labute approximate surface area is 70.6 Å². The Morgan fingerprint density at radius 3 is 2.09 bits per heavy atom. The summed E-state index contributed by atoms with van der Waals surface area (Å²) in [7, 11) is -1.33. The summed E-state index contributed by atoms with van der Waals surface area (Å²) >= 11 is 0. The topological polar surface area (TPSA) is 9.23 Å². The molecule has 0 aromatic carbocycles. The molecule has 0 aromatic heterocycles. The maximum Gasteiger partial charge on any atom is 0.184 e.